The summed E-state index contributed by atoms with van der Waals surface area (Å²) >= 11 is 3.34. The van der Waals surface area contributed by atoms with Gasteiger partial charge >= 0.3 is 11.6 Å². The molecule has 27 heavy (non-hydrogen) atoms. The summed E-state index contributed by atoms with van der Waals surface area (Å²) in [4.78, 5) is 35.8. The average Bonchev–Trinajstić information content (AvgIpc) is 2.65. The van der Waals surface area contributed by atoms with Crippen molar-refractivity contribution in [3.05, 3.63) is 80.6 Å². The van der Waals surface area contributed by atoms with Crippen molar-refractivity contribution in [2.24, 2.45) is 0 Å². The lowest BCUT2D eigenvalue weighted by atomic mass is 9.95. The second-order valence-electron chi connectivity index (χ2n) is 6.05. The Morgan fingerprint density at radius 3 is 2.56 bits per heavy atom. The van der Waals surface area contributed by atoms with Crippen LogP contribution in [-0.4, -0.2) is 23.5 Å². The second-order valence-corrected chi connectivity index (χ2v) is 6.96. The standard InChI is InChI=1S/C20H16BrNO5/c21-15-6-7-17-13(8-15)9-16(20(26)27-17)19(25)22-11-14(10-18(23)24)12-4-2-1-3-5-12/h1-9,14H,10-11H2,(H,22,25)(H,23,24). The summed E-state index contributed by atoms with van der Waals surface area (Å²) in [7, 11) is 0. The van der Waals surface area contributed by atoms with Crippen molar-refractivity contribution in [2.45, 2.75) is 12.3 Å². The Morgan fingerprint density at radius 2 is 1.85 bits per heavy atom. The van der Waals surface area contributed by atoms with Crippen LogP contribution < -0.4 is 10.9 Å². The van der Waals surface area contributed by atoms with Gasteiger partial charge in [0.2, 0.25) is 0 Å². The minimum Gasteiger partial charge on any atom is -0.481 e. The molecule has 1 amide bonds. The molecule has 0 bridgehead atoms. The van der Waals surface area contributed by atoms with Gasteiger partial charge in [-0.05, 0) is 29.8 Å². The van der Waals surface area contributed by atoms with Crippen LogP contribution in [0.15, 0.2) is 68.3 Å². The first-order valence-electron chi connectivity index (χ1n) is 8.22. The fourth-order valence-electron chi connectivity index (χ4n) is 2.81. The summed E-state index contributed by atoms with van der Waals surface area (Å²) in [5, 5.41) is 12.4. The van der Waals surface area contributed by atoms with Crippen molar-refractivity contribution in [3.63, 3.8) is 0 Å². The van der Waals surface area contributed by atoms with E-state index in [1.54, 1.807) is 18.2 Å². The monoisotopic (exact) mass is 429 g/mol. The molecule has 0 aliphatic carbocycles. The number of halogens is 1. The normalized spacial score (nSPS) is 11.9. The lowest BCUT2D eigenvalue weighted by molar-refractivity contribution is -0.137. The Bertz CT molecular complexity index is 1050. The van der Waals surface area contributed by atoms with E-state index in [9.17, 15) is 14.4 Å². The lowest BCUT2D eigenvalue weighted by Gasteiger charge is -2.16. The fourth-order valence-corrected chi connectivity index (χ4v) is 3.19. The van der Waals surface area contributed by atoms with Crippen molar-refractivity contribution in [1.29, 1.82) is 0 Å². The van der Waals surface area contributed by atoms with E-state index >= 15 is 0 Å². The summed E-state index contributed by atoms with van der Waals surface area (Å²) in [5.41, 5.74) is 0.321. The molecule has 1 unspecified atom stereocenters. The van der Waals surface area contributed by atoms with Crippen LogP contribution in [0.2, 0.25) is 0 Å². The van der Waals surface area contributed by atoms with Crippen LogP contribution in [0.25, 0.3) is 11.0 Å². The lowest BCUT2D eigenvalue weighted by Crippen LogP contribution is -2.32. The number of hydrogen-bond donors (Lipinski definition) is 2. The van der Waals surface area contributed by atoms with E-state index in [1.807, 2.05) is 30.3 Å². The van der Waals surface area contributed by atoms with Gasteiger partial charge in [0, 0.05) is 22.3 Å². The SMILES string of the molecule is O=C(O)CC(CNC(=O)c1cc2cc(Br)ccc2oc1=O)c1ccccc1. The summed E-state index contributed by atoms with van der Waals surface area (Å²) in [5.74, 6) is -1.97. The molecule has 2 aromatic carbocycles. The zero-order valence-corrected chi connectivity index (χ0v) is 15.7. The van der Waals surface area contributed by atoms with E-state index < -0.39 is 23.4 Å². The predicted molar refractivity (Wildman–Crippen MR) is 104 cm³/mol. The molecule has 3 aromatic rings. The first-order chi connectivity index (χ1) is 12.9. The first-order valence-corrected chi connectivity index (χ1v) is 9.01. The summed E-state index contributed by atoms with van der Waals surface area (Å²) in [6.07, 6.45) is -0.135. The van der Waals surface area contributed by atoms with E-state index in [0.717, 1.165) is 10.0 Å². The largest absolute Gasteiger partial charge is 0.481 e. The number of benzene rings is 2. The molecule has 6 nitrogen and oxygen atoms in total. The number of carboxylic acid groups (broad SMARTS) is 1. The van der Waals surface area contributed by atoms with Gasteiger partial charge in [-0.25, -0.2) is 4.79 Å². The van der Waals surface area contributed by atoms with E-state index in [1.165, 1.54) is 6.07 Å². The van der Waals surface area contributed by atoms with Crippen molar-refractivity contribution < 1.29 is 19.1 Å². The number of rotatable bonds is 6. The highest BCUT2D eigenvalue weighted by Gasteiger charge is 2.19. The molecule has 1 heterocycles. The minimum absolute atomic E-state index is 0.0884. The fraction of sp³-hybridized carbons (Fsp3) is 0.150. The summed E-state index contributed by atoms with van der Waals surface area (Å²) in [6, 6.07) is 15.6. The molecule has 0 saturated carbocycles. The molecule has 1 aromatic heterocycles. The van der Waals surface area contributed by atoms with Crippen LogP contribution >= 0.6 is 15.9 Å². The third-order valence-electron chi connectivity index (χ3n) is 4.14. The zero-order valence-electron chi connectivity index (χ0n) is 14.1. The van der Waals surface area contributed by atoms with Crippen molar-refractivity contribution in [2.75, 3.05) is 6.54 Å². The molecule has 0 fully saturated rings. The maximum atomic E-state index is 12.5. The number of nitrogens with one attached hydrogen (secondary N) is 1. The van der Waals surface area contributed by atoms with Gasteiger partial charge in [-0.15, -0.1) is 0 Å². The molecule has 0 aliphatic heterocycles. The van der Waals surface area contributed by atoms with Crippen LogP contribution in [0.4, 0.5) is 0 Å². The Hall–Kier alpha value is -2.93. The zero-order chi connectivity index (χ0) is 19.4. The highest BCUT2D eigenvalue weighted by molar-refractivity contribution is 9.10. The van der Waals surface area contributed by atoms with Crippen LogP contribution in [0, 0.1) is 0 Å². The van der Waals surface area contributed by atoms with Crippen LogP contribution in [0.1, 0.15) is 28.3 Å². The summed E-state index contributed by atoms with van der Waals surface area (Å²) < 4.78 is 5.99. The Labute approximate surface area is 162 Å². The number of carbonyl (C=O) groups is 2. The highest BCUT2D eigenvalue weighted by atomic mass is 79.9. The Balaban J connectivity index is 1.81. The quantitative estimate of drug-likeness (QED) is 0.584. The van der Waals surface area contributed by atoms with Crippen LogP contribution in [0.5, 0.6) is 0 Å². The Kier molecular flexibility index (Phi) is 5.71. The Morgan fingerprint density at radius 1 is 1.11 bits per heavy atom. The van der Waals surface area contributed by atoms with Gasteiger partial charge < -0.3 is 14.8 Å². The third kappa shape index (κ3) is 4.62. The van der Waals surface area contributed by atoms with Gasteiger partial charge in [0.05, 0.1) is 6.42 Å². The van der Waals surface area contributed by atoms with Crippen LogP contribution in [-0.2, 0) is 4.79 Å². The number of amides is 1. The molecule has 0 radical (unpaired) electrons. The van der Waals surface area contributed by atoms with Gasteiger partial charge in [0.15, 0.2) is 0 Å². The molecular weight excluding hydrogens is 414 g/mol. The number of carboxylic acids is 1. The van der Waals surface area contributed by atoms with E-state index in [-0.39, 0.29) is 18.5 Å². The molecule has 7 heteroatoms. The highest BCUT2D eigenvalue weighted by Crippen LogP contribution is 2.20. The molecule has 3 rings (SSSR count). The van der Waals surface area contributed by atoms with Crippen LogP contribution in [0.3, 0.4) is 0 Å². The van der Waals surface area contributed by atoms with Crippen molar-refractivity contribution in [1.82, 2.24) is 5.32 Å². The smallest absolute Gasteiger partial charge is 0.349 e. The molecule has 0 aliphatic rings. The van der Waals surface area contributed by atoms with Gasteiger partial charge in [-0.1, -0.05) is 46.3 Å². The van der Waals surface area contributed by atoms with Crippen molar-refractivity contribution in [3.8, 4) is 0 Å². The molecular formula is C20H16BrNO5. The minimum atomic E-state index is -0.965. The average molecular weight is 430 g/mol. The van der Waals surface area contributed by atoms with Crippen molar-refractivity contribution >= 4 is 38.8 Å². The second kappa shape index (κ2) is 8.18. The van der Waals surface area contributed by atoms with Gasteiger partial charge in [0.1, 0.15) is 11.1 Å². The number of hydrogen-bond acceptors (Lipinski definition) is 4. The maximum absolute atomic E-state index is 12.5. The topological polar surface area (TPSA) is 96.6 Å². The number of fused-ring (bicyclic) bond motifs is 1. The number of carbonyl (C=O) groups excluding carboxylic acids is 1. The molecule has 0 saturated heterocycles. The molecule has 138 valence electrons. The van der Waals surface area contributed by atoms with Gasteiger partial charge in [0.25, 0.3) is 5.91 Å². The van der Waals surface area contributed by atoms with E-state index in [4.69, 9.17) is 9.52 Å². The summed E-state index contributed by atoms with van der Waals surface area (Å²) in [6.45, 7) is 0.0884. The number of aliphatic carboxylic acids is 1. The maximum Gasteiger partial charge on any atom is 0.349 e. The van der Waals surface area contributed by atoms with E-state index in [0.29, 0.717) is 11.0 Å². The third-order valence-corrected chi connectivity index (χ3v) is 4.63. The molecule has 1 atom stereocenters. The van der Waals surface area contributed by atoms with E-state index in [2.05, 4.69) is 21.2 Å². The van der Waals surface area contributed by atoms with Gasteiger partial charge in [-0.3, -0.25) is 9.59 Å². The predicted octanol–water partition coefficient (Wildman–Crippen LogP) is 3.54. The molecule has 0 spiro atoms. The van der Waals surface area contributed by atoms with Gasteiger partial charge in [-0.2, -0.15) is 0 Å². The first kappa shape index (κ1) is 18.8. The molecule has 2 N–H and O–H groups in total.